The molecule has 0 bridgehead atoms. The maximum atomic E-state index is 12.3. The highest BCUT2D eigenvalue weighted by Crippen LogP contribution is 2.30. The van der Waals surface area contributed by atoms with Gasteiger partial charge in [0.2, 0.25) is 5.91 Å². The Morgan fingerprint density at radius 2 is 1.70 bits per heavy atom. The van der Waals surface area contributed by atoms with Crippen LogP contribution in [-0.4, -0.2) is 5.91 Å². The molecular formula is C20H15NO2. The molecule has 0 fully saturated rings. The van der Waals surface area contributed by atoms with Gasteiger partial charge in [0.1, 0.15) is 5.58 Å². The molecule has 0 radical (unpaired) electrons. The molecule has 0 saturated heterocycles. The van der Waals surface area contributed by atoms with E-state index in [1.165, 1.54) is 0 Å². The zero-order valence-corrected chi connectivity index (χ0v) is 12.5. The Kier molecular flexibility index (Phi) is 3.31. The summed E-state index contributed by atoms with van der Waals surface area (Å²) >= 11 is 0. The Morgan fingerprint density at radius 1 is 0.913 bits per heavy atom. The number of fused-ring (bicyclic) bond motifs is 3. The highest BCUT2D eigenvalue weighted by molar-refractivity contribution is 6.09. The molecule has 1 amide bonds. The maximum absolute atomic E-state index is 12.3. The quantitative estimate of drug-likeness (QED) is 0.592. The van der Waals surface area contributed by atoms with Gasteiger partial charge in [-0.25, -0.2) is 0 Å². The van der Waals surface area contributed by atoms with Crippen LogP contribution in [0.5, 0.6) is 0 Å². The van der Waals surface area contributed by atoms with E-state index < -0.39 is 0 Å². The molecule has 4 aromatic rings. The monoisotopic (exact) mass is 301 g/mol. The van der Waals surface area contributed by atoms with Gasteiger partial charge in [0, 0.05) is 16.6 Å². The summed E-state index contributed by atoms with van der Waals surface area (Å²) in [5, 5.41) is 6.19. The number of hydrogen-bond acceptors (Lipinski definition) is 2. The van der Waals surface area contributed by atoms with Crippen LogP contribution in [0.1, 0.15) is 5.56 Å². The molecule has 0 atom stereocenters. The van der Waals surface area contributed by atoms with Crippen LogP contribution in [0, 0.1) is 0 Å². The Morgan fingerprint density at radius 3 is 2.57 bits per heavy atom. The molecule has 3 aromatic carbocycles. The number of benzene rings is 3. The first-order chi connectivity index (χ1) is 11.3. The summed E-state index contributed by atoms with van der Waals surface area (Å²) in [7, 11) is 0. The second-order valence-electron chi connectivity index (χ2n) is 5.51. The predicted molar refractivity (Wildman–Crippen MR) is 92.5 cm³/mol. The topological polar surface area (TPSA) is 42.2 Å². The zero-order valence-electron chi connectivity index (χ0n) is 12.5. The van der Waals surface area contributed by atoms with Gasteiger partial charge in [0.05, 0.1) is 12.7 Å². The van der Waals surface area contributed by atoms with E-state index in [-0.39, 0.29) is 12.3 Å². The number of hydrogen-bond donors (Lipinski definition) is 1. The lowest BCUT2D eigenvalue weighted by atomic mass is 10.0. The molecular weight excluding hydrogens is 286 g/mol. The first kappa shape index (κ1) is 13.6. The minimum atomic E-state index is -0.0492. The van der Waals surface area contributed by atoms with Crippen LogP contribution in [0.25, 0.3) is 21.7 Å². The number of carbonyl (C=O) groups is 1. The fourth-order valence-corrected chi connectivity index (χ4v) is 2.90. The predicted octanol–water partition coefficient (Wildman–Crippen LogP) is 4.77. The summed E-state index contributed by atoms with van der Waals surface area (Å²) in [6.45, 7) is 0. The average Bonchev–Trinajstić information content (AvgIpc) is 2.99. The minimum Gasteiger partial charge on any atom is -0.464 e. The molecule has 0 spiro atoms. The molecule has 4 rings (SSSR count). The lowest BCUT2D eigenvalue weighted by Gasteiger charge is -2.05. The lowest BCUT2D eigenvalue weighted by molar-refractivity contribution is -0.115. The summed E-state index contributed by atoms with van der Waals surface area (Å²) in [6.07, 6.45) is 1.97. The Hall–Kier alpha value is -3.07. The van der Waals surface area contributed by atoms with Crippen LogP contribution >= 0.6 is 0 Å². The van der Waals surface area contributed by atoms with Crippen molar-refractivity contribution in [3.63, 3.8) is 0 Å². The second kappa shape index (κ2) is 5.61. The van der Waals surface area contributed by atoms with Gasteiger partial charge >= 0.3 is 0 Å². The zero-order chi connectivity index (χ0) is 15.6. The van der Waals surface area contributed by atoms with Crippen molar-refractivity contribution in [3.05, 3.63) is 78.6 Å². The van der Waals surface area contributed by atoms with Gasteiger partial charge in [-0.1, -0.05) is 48.5 Å². The Labute approximate surface area is 133 Å². The highest BCUT2D eigenvalue weighted by Gasteiger charge is 2.13. The van der Waals surface area contributed by atoms with E-state index in [9.17, 15) is 4.79 Å². The molecule has 1 heterocycles. The standard InChI is InChI=1S/C20H15NO2/c22-19(21-16-7-2-1-3-8-16)12-15-13-23-18-11-10-14-6-4-5-9-17(14)20(15)18/h1-11,13H,12H2,(H,21,22). The van der Waals surface area contributed by atoms with Gasteiger partial charge in [-0.15, -0.1) is 0 Å². The van der Waals surface area contributed by atoms with Crippen LogP contribution in [0.15, 0.2) is 77.4 Å². The van der Waals surface area contributed by atoms with Crippen molar-refractivity contribution in [2.24, 2.45) is 0 Å². The van der Waals surface area contributed by atoms with Crippen molar-refractivity contribution in [1.82, 2.24) is 0 Å². The van der Waals surface area contributed by atoms with Crippen molar-refractivity contribution < 1.29 is 9.21 Å². The molecule has 1 N–H and O–H groups in total. The number of furan rings is 1. The third-order valence-electron chi connectivity index (χ3n) is 3.95. The van der Waals surface area contributed by atoms with Crippen molar-refractivity contribution in [2.45, 2.75) is 6.42 Å². The number of carbonyl (C=O) groups excluding carboxylic acids is 1. The molecule has 112 valence electrons. The van der Waals surface area contributed by atoms with Gasteiger partial charge in [-0.05, 0) is 29.0 Å². The lowest BCUT2D eigenvalue weighted by Crippen LogP contribution is -2.14. The molecule has 1 aromatic heterocycles. The molecule has 3 heteroatoms. The molecule has 0 aliphatic heterocycles. The average molecular weight is 301 g/mol. The summed E-state index contributed by atoms with van der Waals surface area (Å²) in [5.74, 6) is -0.0492. The highest BCUT2D eigenvalue weighted by atomic mass is 16.3. The number of nitrogens with one attached hydrogen (secondary N) is 1. The van der Waals surface area contributed by atoms with E-state index in [0.29, 0.717) is 0 Å². The third-order valence-corrected chi connectivity index (χ3v) is 3.95. The van der Waals surface area contributed by atoms with Gasteiger partial charge < -0.3 is 9.73 Å². The van der Waals surface area contributed by atoms with Crippen LogP contribution < -0.4 is 5.32 Å². The smallest absolute Gasteiger partial charge is 0.228 e. The van der Waals surface area contributed by atoms with Crippen LogP contribution in [-0.2, 0) is 11.2 Å². The maximum Gasteiger partial charge on any atom is 0.228 e. The van der Waals surface area contributed by atoms with Crippen molar-refractivity contribution >= 4 is 33.3 Å². The second-order valence-corrected chi connectivity index (χ2v) is 5.51. The van der Waals surface area contributed by atoms with Gasteiger partial charge in [-0.2, -0.15) is 0 Å². The van der Waals surface area contributed by atoms with Gasteiger partial charge in [0.15, 0.2) is 0 Å². The summed E-state index contributed by atoms with van der Waals surface area (Å²) < 4.78 is 5.63. The van der Waals surface area contributed by atoms with Crippen LogP contribution in [0.4, 0.5) is 5.69 Å². The summed E-state index contributed by atoms with van der Waals surface area (Å²) in [6, 6.07) is 21.6. The Balaban J connectivity index is 1.69. The fraction of sp³-hybridized carbons (Fsp3) is 0.0500. The number of rotatable bonds is 3. The van der Waals surface area contributed by atoms with Crippen LogP contribution in [0.3, 0.4) is 0 Å². The van der Waals surface area contributed by atoms with E-state index in [0.717, 1.165) is 33.0 Å². The minimum absolute atomic E-state index is 0.0492. The van der Waals surface area contributed by atoms with E-state index >= 15 is 0 Å². The van der Waals surface area contributed by atoms with Crippen molar-refractivity contribution in [2.75, 3.05) is 5.32 Å². The van der Waals surface area contributed by atoms with E-state index in [1.807, 2.05) is 54.6 Å². The Bertz CT molecular complexity index is 986. The number of para-hydroxylation sites is 1. The first-order valence-electron chi connectivity index (χ1n) is 7.54. The number of anilines is 1. The molecule has 0 unspecified atom stereocenters. The van der Waals surface area contributed by atoms with Crippen molar-refractivity contribution in [3.8, 4) is 0 Å². The van der Waals surface area contributed by atoms with E-state index in [2.05, 4.69) is 17.4 Å². The molecule has 3 nitrogen and oxygen atoms in total. The summed E-state index contributed by atoms with van der Waals surface area (Å²) in [4.78, 5) is 12.3. The van der Waals surface area contributed by atoms with Gasteiger partial charge in [-0.3, -0.25) is 4.79 Å². The van der Waals surface area contributed by atoms with Crippen molar-refractivity contribution in [1.29, 1.82) is 0 Å². The number of amides is 1. The first-order valence-corrected chi connectivity index (χ1v) is 7.54. The fourth-order valence-electron chi connectivity index (χ4n) is 2.90. The normalized spacial score (nSPS) is 11.0. The molecule has 0 saturated carbocycles. The largest absolute Gasteiger partial charge is 0.464 e. The summed E-state index contributed by atoms with van der Waals surface area (Å²) in [5.41, 5.74) is 2.52. The molecule has 0 aliphatic rings. The SMILES string of the molecule is O=C(Cc1coc2ccc3ccccc3c12)Nc1ccccc1. The van der Waals surface area contributed by atoms with E-state index in [1.54, 1.807) is 6.26 Å². The van der Waals surface area contributed by atoms with E-state index in [4.69, 9.17) is 4.42 Å². The van der Waals surface area contributed by atoms with Gasteiger partial charge in [0.25, 0.3) is 0 Å². The molecule has 0 aliphatic carbocycles. The third kappa shape index (κ3) is 2.57. The van der Waals surface area contributed by atoms with Crippen LogP contribution in [0.2, 0.25) is 0 Å². The molecule has 23 heavy (non-hydrogen) atoms.